The van der Waals surface area contributed by atoms with Crippen LogP contribution in [0.4, 0.5) is 0 Å². The molecule has 1 fully saturated rings. The second kappa shape index (κ2) is 2.79. The van der Waals surface area contributed by atoms with Crippen molar-refractivity contribution < 1.29 is 9.59 Å². The Morgan fingerprint density at radius 3 is 2.69 bits per heavy atom. The van der Waals surface area contributed by atoms with Gasteiger partial charge in [0.2, 0.25) is 0 Å². The molecule has 0 bridgehead atoms. The van der Waals surface area contributed by atoms with E-state index in [0.717, 1.165) is 12.8 Å². The van der Waals surface area contributed by atoms with E-state index in [9.17, 15) is 9.59 Å². The van der Waals surface area contributed by atoms with Gasteiger partial charge in [-0.05, 0) is 18.8 Å². The zero-order chi connectivity index (χ0) is 9.47. The van der Waals surface area contributed by atoms with Crippen LogP contribution in [0.15, 0.2) is 12.2 Å². The van der Waals surface area contributed by atoms with Gasteiger partial charge < -0.3 is 0 Å². The van der Waals surface area contributed by atoms with Crippen LogP contribution in [0.25, 0.3) is 0 Å². The topological polar surface area (TPSA) is 34.1 Å². The number of carbonyl (C=O) groups excluding carboxylic acids is 2. The summed E-state index contributed by atoms with van der Waals surface area (Å²) in [5.41, 5.74) is -0.616. The van der Waals surface area contributed by atoms with Gasteiger partial charge in [0, 0.05) is 12.8 Å². The molecule has 0 amide bonds. The summed E-state index contributed by atoms with van der Waals surface area (Å²) < 4.78 is 0. The second-order valence-electron chi connectivity index (χ2n) is 4.09. The normalized spacial score (nSPS) is 39.0. The van der Waals surface area contributed by atoms with Gasteiger partial charge in [0.05, 0.1) is 5.41 Å². The van der Waals surface area contributed by atoms with Crippen molar-refractivity contribution in [3.63, 3.8) is 0 Å². The monoisotopic (exact) mass is 178 g/mol. The standard InChI is InChI=1S/C11H14O2/c1-8-4-2-5-9(12)11(8)7-3-6-10(11)13/h2,4,8H,3,5-7H2,1H3. The summed E-state index contributed by atoms with van der Waals surface area (Å²) in [4.78, 5) is 23.5. The molecule has 2 rings (SSSR count). The lowest BCUT2D eigenvalue weighted by Gasteiger charge is -2.32. The zero-order valence-corrected chi connectivity index (χ0v) is 7.88. The molecule has 2 unspecified atom stereocenters. The highest BCUT2D eigenvalue weighted by Gasteiger charge is 2.51. The van der Waals surface area contributed by atoms with E-state index in [1.54, 1.807) is 0 Å². The summed E-state index contributed by atoms with van der Waals surface area (Å²) in [6, 6.07) is 0. The van der Waals surface area contributed by atoms with E-state index in [0.29, 0.717) is 12.8 Å². The van der Waals surface area contributed by atoms with Gasteiger partial charge >= 0.3 is 0 Å². The molecule has 0 aromatic heterocycles. The van der Waals surface area contributed by atoms with Crippen LogP contribution in [-0.4, -0.2) is 11.6 Å². The van der Waals surface area contributed by atoms with Crippen molar-refractivity contribution >= 4 is 11.6 Å². The maximum atomic E-state index is 11.8. The van der Waals surface area contributed by atoms with Gasteiger partial charge in [-0.25, -0.2) is 0 Å². The molecular formula is C11H14O2. The average molecular weight is 178 g/mol. The Labute approximate surface area is 78.0 Å². The lowest BCUT2D eigenvalue weighted by molar-refractivity contribution is -0.140. The smallest absolute Gasteiger partial charge is 0.150 e. The number of Topliss-reactive ketones (excluding diaryl/α,β-unsaturated/α-hetero) is 2. The molecule has 2 aliphatic rings. The van der Waals surface area contributed by atoms with Crippen LogP contribution in [0.5, 0.6) is 0 Å². The van der Waals surface area contributed by atoms with Gasteiger partial charge in [0.1, 0.15) is 5.78 Å². The molecule has 0 radical (unpaired) electrons. The molecule has 0 heterocycles. The third-order valence-corrected chi connectivity index (χ3v) is 3.48. The van der Waals surface area contributed by atoms with Gasteiger partial charge in [-0.1, -0.05) is 19.1 Å². The van der Waals surface area contributed by atoms with Crippen LogP contribution < -0.4 is 0 Å². The van der Waals surface area contributed by atoms with Crippen molar-refractivity contribution in [3.05, 3.63) is 12.2 Å². The summed E-state index contributed by atoms with van der Waals surface area (Å²) in [5.74, 6) is 0.433. The first-order valence-corrected chi connectivity index (χ1v) is 4.91. The summed E-state index contributed by atoms with van der Waals surface area (Å²) >= 11 is 0. The molecule has 2 atom stereocenters. The van der Waals surface area contributed by atoms with Crippen LogP contribution in [0.3, 0.4) is 0 Å². The number of rotatable bonds is 0. The Kier molecular flexibility index (Phi) is 1.86. The van der Waals surface area contributed by atoms with Crippen LogP contribution in [0.2, 0.25) is 0 Å². The molecular weight excluding hydrogens is 164 g/mol. The Morgan fingerprint density at radius 2 is 2.15 bits per heavy atom. The quantitative estimate of drug-likeness (QED) is 0.419. The number of carbonyl (C=O) groups is 2. The third kappa shape index (κ3) is 1.01. The largest absolute Gasteiger partial charge is 0.299 e. The summed E-state index contributed by atoms with van der Waals surface area (Å²) in [6.45, 7) is 1.98. The minimum Gasteiger partial charge on any atom is -0.299 e. The zero-order valence-electron chi connectivity index (χ0n) is 7.88. The molecule has 0 aliphatic heterocycles. The molecule has 0 aromatic rings. The Hall–Kier alpha value is -0.920. The van der Waals surface area contributed by atoms with Gasteiger partial charge in [0.15, 0.2) is 5.78 Å². The molecule has 2 aliphatic carbocycles. The SMILES string of the molecule is CC1C=CCC(=O)C12CCCC2=O. The van der Waals surface area contributed by atoms with Gasteiger partial charge in [-0.2, -0.15) is 0 Å². The summed E-state index contributed by atoms with van der Waals surface area (Å²) in [6.07, 6.45) is 6.63. The minimum absolute atomic E-state index is 0.115. The van der Waals surface area contributed by atoms with Crippen LogP contribution in [0, 0.1) is 11.3 Å². The van der Waals surface area contributed by atoms with E-state index in [4.69, 9.17) is 0 Å². The van der Waals surface area contributed by atoms with E-state index >= 15 is 0 Å². The number of allylic oxidation sites excluding steroid dienone is 2. The molecule has 0 saturated heterocycles. The number of hydrogen-bond acceptors (Lipinski definition) is 2. The first-order valence-electron chi connectivity index (χ1n) is 4.91. The van der Waals surface area contributed by atoms with E-state index in [-0.39, 0.29) is 17.5 Å². The molecule has 0 aromatic carbocycles. The molecule has 2 heteroatoms. The van der Waals surface area contributed by atoms with Crippen LogP contribution in [0.1, 0.15) is 32.6 Å². The van der Waals surface area contributed by atoms with E-state index in [1.165, 1.54) is 0 Å². The maximum absolute atomic E-state index is 11.8. The van der Waals surface area contributed by atoms with Crippen molar-refractivity contribution in [3.8, 4) is 0 Å². The molecule has 1 spiro atoms. The lowest BCUT2D eigenvalue weighted by Crippen LogP contribution is -2.42. The minimum atomic E-state index is -0.616. The maximum Gasteiger partial charge on any atom is 0.150 e. The van der Waals surface area contributed by atoms with E-state index in [1.807, 2.05) is 19.1 Å². The fraction of sp³-hybridized carbons (Fsp3) is 0.636. The predicted molar refractivity (Wildman–Crippen MR) is 49.2 cm³/mol. The summed E-state index contributed by atoms with van der Waals surface area (Å²) in [5, 5.41) is 0. The Balaban J connectivity index is 2.43. The Bertz CT molecular complexity index is 290. The van der Waals surface area contributed by atoms with Crippen molar-refractivity contribution in [2.24, 2.45) is 11.3 Å². The molecule has 0 N–H and O–H groups in total. The third-order valence-electron chi connectivity index (χ3n) is 3.48. The first kappa shape index (κ1) is 8.67. The van der Waals surface area contributed by atoms with Crippen molar-refractivity contribution in [1.82, 2.24) is 0 Å². The molecule has 13 heavy (non-hydrogen) atoms. The van der Waals surface area contributed by atoms with Crippen LogP contribution >= 0.6 is 0 Å². The highest BCUT2D eigenvalue weighted by atomic mass is 16.2. The average Bonchev–Trinajstić information content (AvgIpc) is 2.45. The number of hydrogen-bond donors (Lipinski definition) is 0. The molecule has 70 valence electrons. The predicted octanol–water partition coefficient (Wildman–Crippen LogP) is 1.89. The van der Waals surface area contributed by atoms with E-state index < -0.39 is 5.41 Å². The molecule has 1 saturated carbocycles. The van der Waals surface area contributed by atoms with Crippen molar-refractivity contribution in [1.29, 1.82) is 0 Å². The van der Waals surface area contributed by atoms with E-state index in [2.05, 4.69) is 0 Å². The van der Waals surface area contributed by atoms with Gasteiger partial charge in [-0.3, -0.25) is 9.59 Å². The first-order chi connectivity index (χ1) is 6.18. The molecule has 2 nitrogen and oxygen atoms in total. The van der Waals surface area contributed by atoms with Crippen molar-refractivity contribution in [2.75, 3.05) is 0 Å². The van der Waals surface area contributed by atoms with Gasteiger partial charge in [0.25, 0.3) is 0 Å². The Morgan fingerprint density at radius 1 is 1.38 bits per heavy atom. The number of ketones is 2. The highest BCUT2D eigenvalue weighted by Crippen LogP contribution is 2.45. The van der Waals surface area contributed by atoms with Crippen LogP contribution in [-0.2, 0) is 9.59 Å². The fourth-order valence-electron chi connectivity index (χ4n) is 2.65. The summed E-state index contributed by atoms with van der Waals surface area (Å²) in [7, 11) is 0. The second-order valence-corrected chi connectivity index (χ2v) is 4.09. The van der Waals surface area contributed by atoms with Crippen molar-refractivity contribution in [2.45, 2.75) is 32.6 Å². The van der Waals surface area contributed by atoms with Gasteiger partial charge in [-0.15, -0.1) is 0 Å². The highest BCUT2D eigenvalue weighted by molar-refractivity contribution is 6.09. The fourth-order valence-corrected chi connectivity index (χ4v) is 2.65. The lowest BCUT2D eigenvalue weighted by atomic mass is 9.67.